The molecule has 3 N–H and O–H groups in total. The van der Waals surface area contributed by atoms with Gasteiger partial charge in [-0.2, -0.15) is 0 Å². The number of rotatable bonds is 12. The van der Waals surface area contributed by atoms with E-state index in [1.165, 1.54) is 12.1 Å². The van der Waals surface area contributed by atoms with Crippen LogP contribution in [0.4, 0.5) is 0 Å². The first-order valence-electron chi connectivity index (χ1n) is 11.6. The third kappa shape index (κ3) is 8.26. The van der Waals surface area contributed by atoms with E-state index in [4.69, 9.17) is 9.47 Å². The molecule has 1 aromatic heterocycles. The van der Waals surface area contributed by atoms with Crippen LogP contribution in [0.2, 0.25) is 0 Å². The standard InChI is InChI=1S/C28H28N2O6.Na/c31-17-21(30-16-22(32)18-35-23-4-2-1-3-5-23)14-19-6-9-24(10-7-19)36-27-12-13-29-26-15-20(28(33)34)8-11-25(26)27;/h1-13,15,21-22,30-32H,14,16-18H2,(H,33,34);/q;+1/p-1/t21-,22?;/m0./s1. The number of carboxylic acids is 1. The SMILES string of the molecule is O=C([O-])c1ccc2c(Oc3ccc(C[C@@H](CO)NCC(O)COc4ccccc4)cc3)ccnc2c1.[Na+]. The van der Waals surface area contributed by atoms with E-state index < -0.39 is 12.1 Å². The van der Waals surface area contributed by atoms with Gasteiger partial charge in [-0.3, -0.25) is 4.98 Å². The average Bonchev–Trinajstić information content (AvgIpc) is 2.91. The number of aliphatic hydroxyl groups excluding tert-OH is 2. The van der Waals surface area contributed by atoms with Crippen LogP contribution < -0.4 is 49.5 Å². The topological polar surface area (TPSA) is 124 Å². The number of hydrogen-bond donors (Lipinski definition) is 3. The molecular weight excluding hydrogens is 483 g/mol. The summed E-state index contributed by atoms with van der Waals surface area (Å²) in [5.41, 5.74) is 1.54. The van der Waals surface area contributed by atoms with Crippen LogP contribution in [0.15, 0.2) is 85.1 Å². The Morgan fingerprint density at radius 1 is 1.00 bits per heavy atom. The summed E-state index contributed by atoms with van der Waals surface area (Å²) >= 11 is 0. The summed E-state index contributed by atoms with van der Waals surface area (Å²) in [4.78, 5) is 15.3. The number of fused-ring (bicyclic) bond motifs is 1. The Morgan fingerprint density at radius 3 is 2.46 bits per heavy atom. The molecular formula is C28H27N2NaO6. The zero-order valence-electron chi connectivity index (χ0n) is 20.5. The molecule has 8 nitrogen and oxygen atoms in total. The summed E-state index contributed by atoms with van der Waals surface area (Å²) in [6.07, 6.45) is 1.41. The van der Waals surface area contributed by atoms with Gasteiger partial charge in [0, 0.05) is 24.2 Å². The molecule has 0 aliphatic rings. The van der Waals surface area contributed by atoms with Crippen molar-refractivity contribution in [3.63, 3.8) is 0 Å². The van der Waals surface area contributed by atoms with Gasteiger partial charge in [0.15, 0.2) is 0 Å². The van der Waals surface area contributed by atoms with Gasteiger partial charge in [-0.25, -0.2) is 0 Å². The fraction of sp³-hybridized carbons (Fsp3) is 0.214. The average molecular weight is 511 g/mol. The summed E-state index contributed by atoms with van der Waals surface area (Å²) in [7, 11) is 0. The quantitative estimate of drug-likeness (QED) is 0.215. The van der Waals surface area contributed by atoms with E-state index in [1.54, 1.807) is 18.3 Å². The minimum Gasteiger partial charge on any atom is -0.545 e. The molecule has 0 aliphatic heterocycles. The first kappa shape index (κ1) is 28.6. The van der Waals surface area contributed by atoms with E-state index in [9.17, 15) is 20.1 Å². The third-order valence-electron chi connectivity index (χ3n) is 5.62. The number of nitrogens with one attached hydrogen (secondary N) is 1. The molecule has 4 aromatic rings. The van der Waals surface area contributed by atoms with Crippen molar-refractivity contribution in [1.82, 2.24) is 10.3 Å². The van der Waals surface area contributed by atoms with Crippen LogP contribution in [0.5, 0.6) is 17.2 Å². The zero-order chi connectivity index (χ0) is 25.3. The number of carboxylic acid groups (broad SMARTS) is 1. The largest absolute Gasteiger partial charge is 1.00 e. The minimum atomic E-state index is -1.26. The van der Waals surface area contributed by atoms with E-state index in [0.717, 1.165) is 5.56 Å². The van der Waals surface area contributed by atoms with E-state index in [1.807, 2.05) is 54.6 Å². The van der Waals surface area contributed by atoms with Crippen LogP contribution in [0.25, 0.3) is 10.9 Å². The number of aromatic nitrogens is 1. The summed E-state index contributed by atoms with van der Waals surface area (Å²) in [6, 6.07) is 22.8. The van der Waals surface area contributed by atoms with Crippen LogP contribution in [0, 0.1) is 0 Å². The number of carbonyl (C=O) groups excluding carboxylic acids is 1. The number of carbonyl (C=O) groups is 1. The van der Waals surface area contributed by atoms with Gasteiger partial charge in [-0.15, -0.1) is 0 Å². The van der Waals surface area contributed by atoms with E-state index in [-0.39, 0.29) is 60.9 Å². The Kier molecular flexibility index (Phi) is 10.9. The van der Waals surface area contributed by atoms with Crippen molar-refractivity contribution in [2.75, 3.05) is 19.8 Å². The molecule has 2 atom stereocenters. The molecule has 0 saturated carbocycles. The summed E-state index contributed by atoms with van der Waals surface area (Å²) in [5, 5.41) is 34.9. The molecule has 0 amide bonds. The van der Waals surface area contributed by atoms with Crippen molar-refractivity contribution in [3.05, 3.63) is 96.2 Å². The van der Waals surface area contributed by atoms with E-state index >= 15 is 0 Å². The van der Waals surface area contributed by atoms with Gasteiger partial charge in [-0.1, -0.05) is 36.4 Å². The van der Waals surface area contributed by atoms with Crippen LogP contribution in [-0.4, -0.2) is 53.1 Å². The normalized spacial score (nSPS) is 12.4. The van der Waals surface area contributed by atoms with E-state index in [2.05, 4.69) is 10.3 Å². The summed E-state index contributed by atoms with van der Waals surface area (Å²) < 4.78 is 11.6. The van der Waals surface area contributed by atoms with Crippen LogP contribution in [0.3, 0.4) is 0 Å². The van der Waals surface area contributed by atoms with E-state index in [0.29, 0.717) is 34.6 Å². The Hall–Kier alpha value is -2.98. The minimum absolute atomic E-state index is 0. The molecule has 9 heteroatoms. The molecule has 1 unspecified atom stereocenters. The number of para-hydroxylation sites is 1. The Bertz CT molecular complexity index is 1290. The summed E-state index contributed by atoms with van der Waals surface area (Å²) in [6.45, 7) is 0.356. The van der Waals surface area contributed by atoms with Crippen LogP contribution in [-0.2, 0) is 6.42 Å². The number of aromatic carboxylic acids is 1. The number of nitrogens with zero attached hydrogens (tertiary/aromatic N) is 1. The Labute approximate surface area is 237 Å². The number of hydrogen-bond acceptors (Lipinski definition) is 8. The number of pyridine rings is 1. The number of ether oxygens (including phenoxy) is 2. The molecule has 37 heavy (non-hydrogen) atoms. The van der Waals surface area contributed by atoms with Gasteiger partial charge in [0.2, 0.25) is 0 Å². The molecule has 3 aromatic carbocycles. The fourth-order valence-corrected chi connectivity index (χ4v) is 3.71. The van der Waals surface area contributed by atoms with Gasteiger partial charge in [0.1, 0.15) is 30.0 Å². The molecule has 0 aliphatic carbocycles. The zero-order valence-corrected chi connectivity index (χ0v) is 22.5. The van der Waals surface area contributed by atoms with Crippen molar-refractivity contribution in [1.29, 1.82) is 0 Å². The number of aliphatic hydroxyl groups is 2. The molecule has 0 saturated heterocycles. The maximum absolute atomic E-state index is 11.1. The summed E-state index contributed by atoms with van der Waals surface area (Å²) in [5.74, 6) is 0.599. The molecule has 4 rings (SSSR count). The van der Waals surface area contributed by atoms with Crippen molar-refractivity contribution >= 4 is 16.9 Å². The third-order valence-corrected chi connectivity index (χ3v) is 5.62. The van der Waals surface area contributed by atoms with Crippen molar-refractivity contribution in [3.8, 4) is 17.2 Å². The molecule has 0 spiro atoms. The number of benzene rings is 3. The Morgan fingerprint density at radius 2 is 1.76 bits per heavy atom. The van der Waals surface area contributed by atoms with Crippen molar-refractivity contribution in [2.45, 2.75) is 18.6 Å². The van der Waals surface area contributed by atoms with Gasteiger partial charge in [-0.05, 0) is 60.0 Å². The monoisotopic (exact) mass is 510 g/mol. The smallest absolute Gasteiger partial charge is 0.545 e. The predicted octanol–water partition coefficient (Wildman–Crippen LogP) is -0.672. The maximum atomic E-state index is 11.1. The molecule has 0 fully saturated rings. The molecule has 1 heterocycles. The predicted molar refractivity (Wildman–Crippen MR) is 133 cm³/mol. The maximum Gasteiger partial charge on any atom is 1.00 e. The first-order chi connectivity index (χ1) is 17.5. The van der Waals surface area contributed by atoms with Gasteiger partial charge >= 0.3 is 29.6 Å². The van der Waals surface area contributed by atoms with Crippen LogP contribution >= 0.6 is 0 Å². The second kappa shape index (κ2) is 14.1. The van der Waals surface area contributed by atoms with Gasteiger partial charge in [0.05, 0.1) is 18.1 Å². The van der Waals surface area contributed by atoms with Gasteiger partial charge < -0.3 is 34.9 Å². The Balaban J connectivity index is 0.00000380. The second-order valence-electron chi connectivity index (χ2n) is 8.34. The molecule has 0 bridgehead atoms. The molecule has 0 radical (unpaired) electrons. The van der Waals surface area contributed by atoms with Crippen molar-refractivity contribution < 1.29 is 59.1 Å². The second-order valence-corrected chi connectivity index (χ2v) is 8.34. The molecule has 186 valence electrons. The van der Waals surface area contributed by atoms with Gasteiger partial charge in [0.25, 0.3) is 0 Å². The fourth-order valence-electron chi connectivity index (χ4n) is 3.71. The van der Waals surface area contributed by atoms with Crippen LogP contribution in [0.1, 0.15) is 15.9 Å². The van der Waals surface area contributed by atoms with Crippen molar-refractivity contribution in [2.24, 2.45) is 0 Å². The first-order valence-corrected chi connectivity index (χ1v) is 11.6.